The van der Waals surface area contributed by atoms with Gasteiger partial charge in [-0.3, -0.25) is 4.79 Å². The minimum atomic E-state index is -5.08. The number of halogens is 3. The van der Waals surface area contributed by atoms with E-state index >= 15 is 0 Å². The molecule has 3 aromatic rings. The largest absolute Gasteiger partial charge is 0.490 e. The monoisotopic (exact) mass is 426 g/mol. The number of hydrogen-bond donors (Lipinski definition) is 1. The number of aromatic nitrogens is 3. The summed E-state index contributed by atoms with van der Waals surface area (Å²) < 4.78 is 35.5. The number of aliphatic carboxylic acids is 1. The lowest BCUT2D eigenvalue weighted by atomic mass is 10.2. The number of aryl methyl sites for hydroxylation is 1. The molecule has 0 saturated heterocycles. The number of thiazole rings is 1. The zero-order valence-electron chi connectivity index (χ0n) is 15.2. The molecule has 2 heterocycles. The van der Waals surface area contributed by atoms with Crippen molar-refractivity contribution in [1.82, 2.24) is 14.1 Å². The molecule has 154 valence electrons. The molecule has 0 radical (unpaired) electrons. The lowest BCUT2D eigenvalue weighted by molar-refractivity contribution is -0.192. The molecule has 0 aliphatic carbocycles. The second-order valence-corrected chi connectivity index (χ2v) is 6.58. The van der Waals surface area contributed by atoms with Gasteiger partial charge in [0.25, 0.3) is 5.91 Å². The van der Waals surface area contributed by atoms with Crippen molar-refractivity contribution in [3.05, 3.63) is 70.5 Å². The maximum Gasteiger partial charge on any atom is 0.490 e. The molecule has 0 unspecified atom stereocenters. The van der Waals surface area contributed by atoms with Gasteiger partial charge in [-0.15, -0.1) is 11.3 Å². The van der Waals surface area contributed by atoms with Gasteiger partial charge in [0.1, 0.15) is 12.4 Å². The Hall–Kier alpha value is -3.21. The number of hydrogen-bond acceptors (Lipinski definition) is 4. The van der Waals surface area contributed by atoms with E-state index in [1.807, 2.05) is 41.3 Å². The van der Waals surface area contributed by atoms with Crippen LogP contribution in [0, 0.1) is 6.92 Å². The lowest BCUT2D eigenvalue weighted by Gasteiger charge is -2.03. The van der Waals surface area contributed by atoms with Gasteiger partial charge in [-0.25, -0.2) is 9.78 Å². The first-order chi connectivity index (χ1) is 13.7. The number of carboxylic acid groups (broad SMARTS) is 1. The number of carbonyl (C=O) groups excluding carboxylic acids is 1. The van der Waals surface area contributed by atoms with Gasteiger partial charge in [0.2, 0.25) is 0 Å². The molecule has 1 aromatic carbocycles. The van der Waals surface area contributed by atoms with Crippen molar-refractivity contribution in [2.24, 2.45) is 4.99 Å². The van der Waals surface area contributed by atoms with Crippen molar-refractivity contribution in [3.63, 3.8) is 0 Å². The molecular weight excluding hydrogens is 409 g/mol. The second-order valence-electron chi connectivity index (χ2n) is 5.71. The van der Waals surface area contributed by atoms with Crippen molar-refractivity contribution < 1.29 is 27.9 Å². The summed E-state index contributed by atoms with van der Waals surface area (Å²) in [6.07, 6.45) is 0.338. The number of benzene rings is 1. The Bertz CT molecular complexity index is 1020. The first kappa shape index (κ1) is 22.1. The zero-order chi connectivity index (χ0) is 21.4. The Labute approximate surface area is 167 Å². The zero-order valence-corrected chi connectivity index (χ0v) is 16.0. The molecule has 29 heavy (non-hydrogen) atoms. The standard InChI is InChI=1S/C16H16N4OS.C2HF3O2/c1-13-17-7-8-19(13)12-15(21)18-16-20(9-10-22-16)11-14-5-3-2-4-6-14;3-2(4,5)1(6)7/h2-10H,11-12H2,1H3;(H,6,7). The highest BCUT2D eigenvalue weighted by atomic mass is 32.1. The molecule has 1 N–H and O–H groups in total. The van der Waals surface area contributed by atoms with Crippen molar-refractivity contribution in [1.29, 1.82) is 0 Å². The average molecular weight is 426 g/mol. The van der Waals surface area contributed by atoms with Crippen molar-refractivity contribution in [2.45, 2.75) is 26.2 Å². The smallest absolute Gasteiger partial charge is 0.475 e. The quantitative estimate of drug-likeness (QED) is 0.695. The summed E-state index contributed by atoms with van der Waals surface area (Å²) in [6.45, 7) is 2.80. The van der Waals surface area contributed by atoms with Gasteiger partial charge in [0.15, 0.2) is 4.80 Å². The van der Waals surface area contributed by atoms with Crippen LogP contribution in [0.4, 0.5) is 13.2 Å². The Morgan fingerprint density at radius 1 is 1.17 bits per heavy atom. The normalized spacial score (nSPS) is 11.7. The van der Waals surface area contributed by atoms with Crippen molar-refractivity contribution >= 4 is 23.2 Å². The Morgan fingerprint density at radius 3 is 2.38 bits per heavy atom. The maximum atomic E-state index is 12.1. The maximum absolute atomic E-state index is 12.1. The van der Waals surface area contributed by atoms with Gasteiger partial charge in [-0.05, 0) is 12.5 Å². The Morgan fingerprint density at radius 2 is 1.83 bits per heavy atom. The third kappa shape index (κ3) is 7.03. The van der Waals surface area contributed by atoms with Crippen LogP contribution in [-0.2, 0) is 22.7 Å². The van der Waals surface area contributed by atoms with E-state index in [0.717, 1.165) is 5.82 Å². The SMILES string of the molecule is Cc1nccn1CC(=O)N=c1sccn1Cc1ccccc1.O=C(O)C(F)(F)F. The van der Waals surface area contributed by atoms with Gasteiger partial charge >= 0.3 is 12.1 Å². The van der Waals surface area contributed by atoms with Crippen LogP contribution >= 0.6 is 11.3 Å². The van der Waals surface area contributed by atoms with E-state index in [1.165, 1.54) is 16.9 Å². The van der Waals surface area contributed by atoms with E-state index in [2.05, 4.69) is 22.1 Å². The number of alkyl halides is 3. The first-order valence-corrected chi connectivity index (χ1v) is 9.08. The third-order valence-corrected chi connectivity index (χ3v) is 4.34. The van der Waals surface area contributed by atoms with Gasteiger partial charge in [0.05, 0.1) is 0 Å². The van der Waals surface area contributed by atoms with Crippen LogP contribution in [0.5, 0.6) is 0 Å². The molecule has 0 aliphatic heterocycles. The van der Waals surface area contributed by atoms with Gasteiger partial charge in [0, 0.05) is 30.5 Å². The number of rotatable bonds is 4. The predicted molar refractivity (Wildman–Crippen MR) is 99.1 cm³/mol. The number of nitrogens with zero attached hydrogens (tertiary/aromatic N) is 4. The molecule has 0 atom stereocenters. The Balaban J connectivity index is 0.000000370. The molecule has 0 bridgehead atoms. The Kier molecular flexibility index (Phi) is 7.48. The summed E-state index contributed by atoms with van der Waals surface area (Å²) in [5.41, 5.74) is 1.18. The van der Waals surface area contributed by atoms with Gasteiger partial charge in [-0.2, -0.15) is 18.2 Å². The van der Waals surface area contributed by atoms with E-state index in [-0.39, 0.29) is 12.5 Å². The molecule has 0 aliphatic rings. The number of amides is 1. The minimum Gasteiger partial charge on any atom is -0.475 e. The minimum absolute atomic E-state index is 0.176. The van der Waals surface area contributed by atoms with E-state index in [4.69, 9.17) is 9.90 Å². The van der Waals surface area contributed by atoms with Crippen LogP contribution < -0.4 is 4.80 Å². The first-order valence-electron chi connectivity index (χ1n) is 8.20. The van der Waals surface area contributed by atoms with Crippen LogP contribution in [0.1, 0.15) is 11.4 Å². The highest BCUT2D eigenvalue weighted by Gasteiger charge is 2.38. The van der Waals surface area contributed by atoms with Crippen LogP contribution in [0.25, 0.3) is 0 Å². The molecule has 0 fully saturated rings. The molecule has 3 rings (SSSR count). The number of imidazole rings is 1. The summed E-state index contributed by atoms with van der Waals surface area (Å²) >= 11 is 1.46. The fourth-order valence-electron chi connectivity index (χ4n) is 2.15. The summed E-state index contributed by atoms with van der Waals surface area (Å²) in [5.74, 6) is -2.12. The average Bonchev–Trinajstić information content (AvgIpc) is 3.25. The summed E-state index contributed by atoms with van der Waals surface area (Å²) in [7, 11) is 0. The van der Waals surface area contributed by atoms with Gasteiger partial charge in [-0.1, -0.05) is 30.3 Å². The molecule has 7 nitrogen and oxygen atoms in total. The van der Waals surface area contributed by atoms with E-state index in [1.54, 1.807) is 17.0 Å². The highest BCUT2D eigenvalue weighted by Crippen LogP contribution is 2.13. The molecule has 11 heteroatoms. The fourth-order valence-corrected chi connectivity index (χ4v) is 2.89. The van der Waals surface area contributed by atoms with E-state index in [9.17, 15) is 18.0 Å². The topological polar surface area (TPSA) is 89.5 Å². The summed E-state index contributed by atoms with van der Waals surface area (Å²) in [4.78, 5) is 30.1. The lowest BCUT2D eigenvalue weighted by Crippen LogP contribution is -2.21. The third-order valence-electron chi connectivity index (χ3n) is 3.55. The second kappa shape index (κ2) is 9.82. The van der Waals surface area contributed by atoms with Crippen molar-refractivity contribution in [2.75, 3.05) is 0 Å². The van der Waals surface area contributed by atoms with E-state index < -0.39 is 12.1 Å². The predicted octanol–water partition coefficient (Wildman–Crippen LogP) is 2.86. The number of carbonyl (C=O) groups is 2. The number of carboxylic acids is 1. The molecule has 0 saturated carbocycles. The van der Waals surface area contributed by atoms with Crippen LogP contribution in [0.2, 0.25) is 0 Å². The van der Waals surface area contributed by atoms with Gasteiger partial charge < -0.3 is 14.2 Å². The van der Waals surface area contributed by atoms with E-state index in [0.29, 0.717) is 11.3 Å². The molecule has 0 spiro atoms. The van der Waals surface area contributed by atoms with Crippen LogP contribution in [0.3, 0.4) is 0 Å². The highest BCUT2D eigenvalue weighted by molar-refractivity contribution is 7.07. The van der Waals surface area contributed by atoms with Crippen LogP contribution in [0.15, 0.2) is 59.3 Å². The fraction of sp³-hybridized carbons (Fsp3) is 0.222. The summed E-state index contributed by atoms with van der Waals surface area (Å²) in [6, 6.07) is 10.1. The molecule has 1 amide bonds. The molecular formula is C18H17F3N4O3S. The van der Waals surface area contributed by atoms with Crippen LogP contribution in [-0.4, -0.2) is 37.3 Å². The molecule has 2 aromatic heterocycles. The van der Waals surface area contributed by atoms with Crippen molar-refractivity contribution in [3.8, 4) is 0 Å². The summed E-state index contributed by atoms with van der Waals surface area (Å²) in [5, 5.41) is 9.07.